The number of hydrogen-bond donors (Lipinski definition) is 1. The van der Waals surface area contributed by atoms with Crippen molar-refractivity contribution in [3.63, 3.8) is 0 Å². The predicted molar refractivity (Wildman–Crippen MR) is 110 cm³/mol. The van der Waals surface area contributed by atoms with Crippen molar-refractivity contribution in [1.29, 1.82) is 5.26 Å². The fourth-order valence-electron chi connectivity index (χ4n) is 2.28. The lowest BCUT2D eigenvalue weighted by atomic mass is 9.90. The van der Waals surface area contributed by atoms with Gasteiger partial charge in [-0.2, -0.15) is 5.26 Å². The van der Waals surface area contributed by atoms with Gasteiger partial charge in [0, 0.05) is 5.02 Å². The molecule has 0 bridgehead atoms. The largest absolute Gasteiger partial charge is 0.489 e. The van der Waals surface area contributed by atoms with Crippen LogP contribution in [-0.2, 0) is 16.1 Å². The maximum absolute atomic E-state index is 12.1. The number of nitrogens with one attached hydrogen (secondary N) is 1. The van der Waals surface area contributed by atoms with Gasteiger partial charge in [-0.25, -0.2) is 4.79 Å². The van der Waals surface area contributed by atoms with Crippen molar-refractivity contribution in [1.82, 2.24) is 5.32 Å². The summed E-state index contributed by atoms with van der Waals surface area (Å²) in [6, 6.07) is 15.8. The Morgan fingerprint density at radius 1 is 1.14 bits per heavy atom. The maximum atomic E-state index is 12.1. The molecule has 0 fully saturated rings. The standard InChI is InChI=1S/C22H23ClN2O4/c1-15(2)22(3,14-24)25-20(26)13-29-21(27)17-6-4-16(5-7-17)12-28-19-10-8-18(23)9-11-19/h4-11,15H,12-13H2,1-3H3,(H,25,26)/t22-/m1/s1. The van der Waals surface area contributed by atoms with Crippen molar-refractivity contribution >= 4 is 23.5 Å². The molecule has 1 N–H and O–H groups in total. The number of carbonyl (C=O) groups excluding carboxylic acids is 2. The molecule has 0 unspecified atom stereocenters. The first kappa shape index (κ1) is 22.3. The highest BCUT2D eigenvalue weighted by Gasteiger charge is 2.30. The Kier molecular flexibility index (Phi) is 7.63. The molecule has 6 nitrogen and oxygen atoms in total. The maximum Gasteiger partial charge on any atom is 0.338 e. The topological polar surface area (TPSA) is 88.4 Å². The highest BCUT2D eigenvalue weighted by Crippen LogP contribution is 2.17. The molecule has 0 radical (unpaired) electrons. The first-order valence-electron chi connectivity index (χ1n) is 9.10. The van der Waals surface area contributed by atoms with Gasteiger partial charge in [0.15, 0.2) is 6.61 Å². The summed E-state index contributed by atoms with van der Waals surface area (Å²) in [4.78, 5) is 24.1. The number of nitriles is 1. The van der Waals surface area contributed by atoms with Crippen LogP contribution in [0, 0.1) is 17.2 Å². The van der Waals surface area contributed by atoms with Gasteiger partial charge in [0.25, 0.3) is 5.91 Å². The number of halogens is 1. The molecule has 2 aromatic rings. The van der Waals surface area contributed by atoms with Crippen LogP contribution >= 0.6 is 11.6 Å². The molecule has 7 heteroatoms. The third-order valence-electron chi connectivity index (χ3n) is 4.53. The van der Waals surface area contributed by atoms with Crippen LogP contribution in [-0.4, -0.2) is 24.0 Å². The molecule has 0 aliphatic carbocycles. The SMILES string of the molecule is CC(C)[C@@](C)(C#N)NC(=O)COC(=O)c1ccc(COc2ccc(Cl)cc2)cc1. The Hall–Kier alpha value is -3.04. The smallest absolute Gasteiger partial charge is 0.338 e. The summed E-state index contributed by atoms with van der Waals surface area (Å²) in [5.74, 6) is -0.540. The van der Waals surface area contributed by atoms with E-state index in [-0.39, 0.29) is 5.92 Å². The van der Waals surface area contributed by atoms with E-state index in [0.29, 0.717) is 22.9 Å². The van der Waals surface area contributed by atoms with E-state index in [1.54, 1.807) is 55.5 Å². The highest BCUT2D eigenvalue weighted by atomic mass is 35.5. The van der Waals surface area contributed by atoms with Crippen molar-refractivity contribution in [2.24, 2.45) is 5.92 Å². The van der Waals surface area contributed by atoms with Crippen LogP contribution in [0.1, 0.15) is 36.7 Å². The Bertz CT molecular complexity index is 889. The monoisotopic (exact) mass is 414 g/mol. The van der Waals surface area contributed by atoms with Gasteiger partial charge in [0.2, 0.25) is 0 Å². The number of esters is 1. The molecule has 0 heterocycles. The molecular formula is C22H23ClN2O4. The van der Waals surface area contributed by atoms with E-state index in [4.69, 9.17) is 21.1 Å². The lowest BCUT2D eigenvalue weighted by Gasteiger charge is -2.27. The molecule has 0 saturated carbocycles. The summed E-state index contributed by atoms with van der Waals surface area (Å²) in [6.45, 7) is 5.16. The van der Waals surface area contributed by atoms with Crippen molar-refractivity contribution in [2.75, 3.05) is 6.61 Å². The Morgan fingerprint density at radius 3 is 2.31 bits per heavy atom. The molecule has 0 spiro atoms. The van der Waals surface area contributed by atoms with Crippen LogP contribution < -0.4 is 10.1 Å². The van der Waals surface area contributed by atoms with Gasteiger partial charge in [0.1, 0.15) is 17.9 Å². The minimum absolute atomic E-state index is 0.0882. The van der Waals surface area contributed by atoms with Gasteiger partial charge in [-0.3, -0.25) is 4.79 Å². The molecule has 2 aromatic carbocycles. The second-order valence-corrected chi connectivity index (χ2v) is 7.47. The second kappa shape index (κ2) is 9.94. The van der Waals surface area contributed by atoms with Crippen molar-refractivity contribution < 1.29 is 19.1 Å². The Labute approximate surface area is 175 Å². The van der Waals surface area contributed by atoms with Crippen LogP contribution in [0.2, 0.25) is 5.02 Å². The first-order chi connectivity index (χ1) is 13.7. The summed E-state index contributed by atoms with van der Waals surface area (Å²) in [5, 5.41) is 12.5. The van der Waals surface area contributed by atoms with Gasteiger partial charge < -0.3 is 14.8 Å². The molecular weight excluding hydrogens is 392 g/mol. The molecule has 152 valence electrons. The average Bonchev–Trinajstić information content (AvgIpc) is 2.71. The van der Waals surface area contributed by atoms with E-state index in [1.807, 2.05) is 13.8 Å². The number of amides is 1. The normalized spacial score (nSPS) is 12.6. The third-order valence-corrected chi connectivity index (χ3v) is 4.78. The van der Waals surface area contributed by atoms with Gasteiger partial charge in [-0.1, -0.05) is 37.6 Å². The van der Waals surface area contributed by atoms with Crippen LogP contribution in [0.4, 0.5) is 0 Å². The van der Waals surface area contributed by atoms with Crippen molar-refractivity contribution in [3.8, 4) is 11.8 Å². The summed E-state index contributed by atoms with van der Waals surface area (Å²) in [7, 11) is 0. The number of ether oxygens (including phenoxy) is 2. The van der Waals surface area contributed by atoms with E-state index in [1.165, 1.54) is 0 Å². The minimum Gasteiger partial charge on any atom is -0.489 e. The Balaban J connectivity index is 1.84. The zero-order chi connectivity index (χ0) is 21.4. The van der Waals surface area contributed by atoms with Crippen LogP contribution in [0.15, 0.2) is 48.5 Å². The first-order valence-corrected chi connectivity index (χ1v) is 9.48. The third kappa shape index (κ3) is 6.51. The molecule has 0 aliphatic heterocycles. The Morgan fingerprint density at radius 2 is 1.76 bits per heavy atom. The van der Waals surface area contributed by atoms with E-state index in [0.717, 1.165) is 5.56 Å². The van der Waals surface area contributed by atoms with Gasteiger partial charge in [0.05, 0.1) is 11.6 Å². The van der Waals surface area contributed by atoms with Gasteiger partial charge >= 0.3 is 5.97 Å². The van der Waals surface area contributed by atoms with Gasteiger partial charge in [-0.15, -0.1) is 0 Å². The van der Waals surface area contributed by atoms with E-state index in [9.17, 15) is 14.9 Å². The summed E-state index contributed by atoms with van der Waals surface area (Å²) < 4.78 is 10.7. The zero-order valence-electron chi connectivity index (χ0n) is 16.6. The molecule has 0 aromatic heterocycles. The number of carbonyl (C=O) groups is 2. The fraction of sp³-hybridized carbons (Fsp3) is 0.318. The summed E-state index contributed by atoms with van der Waals surface area (Å²) in [5.41, 5.74) is 0.172. The molecule has 0 saturated heterocycles. The van der Waals surface area contributed by atoms with Crippen LogP contribution in [0.25, 0.3) is 0 Å². The summed E-state index contributed by atoms with van der Waals surface area (Å²) >= 11 is 5.84. The predicted octanol–water partition coefficient (Wildman–Crippen LogP) is 4.13. The number of hydrogen-bond acceptors (Lipinski definition) is 5. The second-order valence-electron chi connectivity index (χ2n) is 7.03. The molecule has 29 heavy (non-hydrogen) atoms. The van der Waals surface area contributed by atoms with E-state index in [2.05, 4.69) is 11.4 Å². The minimum atomic E-state index is -1.02. The zero-order valence-corrected chi connectivity index (χ0v) is 17.3. The fourth-order valence-corrected chi connectivity index (χ4v) is 2.40. The lowest BCUT2D eigenvalue weighted by Crippen LogP contribution is -2.50. The lowest BCUT2D eigenvalue weighted by molar-refractivity contribution is -0.125. The quantitative estimate of drug-likeness (QED) is 0.656. The van der Waals surface area contributed by atoms with Crippen LogP contribution in [0.3, 0.4) is 0 Å². The summed E-state index contributed by atoms with van der Waals surface area (Å²) in [6.07, 6.45) is 0. The van der Waals surface area contributed by atoms with Gasteiger partial charge in [-0.05, 0) is 54.8 Å². The van der Waals surface area contributed by atoms with Crippen molar-refractivity contribution in [3.05, 3.63) is 64.7 Å². The molecule has 0 aliphatic rings. The number of rotatable bonds is 8. The highest BCUT2D eigenvalue weighted by molar-refractivity contribution is 6.30. The average molecular weight is 415 g/mol. The molecule has 1 amide bonds. The van der Waals surface area contributed by atoms with Crippen LogP contribution in [0.5, 0.6) is 5.75 Å². The number of benzene rings is 2. The van der Waals surface area contributed by atoms with E-state index >= 15 is 0 Å². The molecule has 1 atom stereocenters. The van der Waals surface area contributed by atoms with Crippen molar-refractivity contribution in [2.45, 2.75) is 32.9 Å². The van der Waals surface area contributed by atoms with E-state index < -0.39 is 24.0 Å². The molecule has 2 rings (SSSR count). The number of nitrogens with zero attached hydrogens (tertiary/aromatic N) is 1.